The van der Waals surface area contributed by atoms with Crippen molar-refractivity contribution in [1.82, 2.24) is 9.80 Å². The fourth-order valence-corrected chi connectivity index (χ4v) is 7.23. The first-order valence-corrected chi connectivity index (χ1v) is 14.7. The molecule has 3 aliphatic rings. The lowest BCUT2D eigenvalue weighted by atomic mass is 9.70. The van der Waals surface area contributed by atoms with Crippen LogP contribution in [0.1, 0.15) is 45.2 Å². The number of amides is 3. The van der Waals surface area contributed by atoms with Crippen LogP contribution in [0.15, 0.2) is 86.0 Å². The summed E-state index contributed by atoms with van der Waals surface area (Å²) in [6.07, 6.45) is 3.87. The third-order valence-electron chi connectivity index (χ3n) is 8.98. The molecule has 2 aromatic carbocycles. The van der Waals surface area contributed by atoms with Crippen LogP contribution in [0.25, 0.3) is 0 Å². The summed E-state index contributed by atoms with van der Waals surface area (Å²) in [5, 5.41) is 10.7. The van der Waals surface area contributed by atoms with Crippen LogP contribution in [0.4, 0.5) is 5.69 Å². The fourth-order valence-electron chi connectivity index (χ4n) is 7.23. The summed E-state index contributed by atoms with van der Waals surface area (Å²) in [5.74, 6) is -2.47. The van der Waals surface area contributed by atoms with Crippen LogP contribution in [0.5, 0.6) is 0 Å². The largest absolute Gasteiger partial charge is 0.394 e. The van der Waals surface area contributed by atoms with Crippen molar-refractivity contribution in [3.63, 3.8) is 0 Å². The number of fused-ring (bicyclic) bond motifs is 1. The van der Waals surface area contributed by atoms with E-state index >= 15 is 0 Å². The molecule has 5 rings (SSSR count). The van der Waals surface area contributed by atoms with Crippen molar-refractivity contribution in [3.05, 3.63) is 91.5 Å². The van der Waals surface area contributed by atoms with E-state index in [1.54, 1.807) is 22.0 Å². The van der Waals surface area contributed by atoms with Gasteiger partial charge in [0.05, 0.1) is 30.6 Å². The summed E-state index contributed by atoms with van der Waals surface area (Å²) in [5.41, 5.74) is -0.348. The van der Waals surface area contributed by atoms with Crippen LogP contribution in [0.3, 0.4) is 0 Å². The van der Waals surface area contributed by atoms with Gasteiger partial charge < -0.3 is 24.5 Å². The Balaban J connectivity index is 1.63. The van der Waals surface area contributed by atoms with Gasteiger partial charge in [-0.1, -0.05) is 60.7 Å². The summed E-state index contributed by atoms with van der Waals surface area (Å²) < 4.78 is 6.70. The standard InChI is InChI=1S/C34H41N3O5/c1-6-20-35(24-16-12-9-13-17-24)30(39)27-26-18-19-34(42-26)28(27)31(40)37(25(22-38)23-14-10-8-11-15-23)29(34)32(41)36(21-7-2)33(3,4)5/h6-17,25-29,38H,1-2,18-22H2,3-5H3/t25-,26-,27+,28+,29?,34?/m1/s1. The topological polar surface area (TPSA) is 90.4 Å². The predicted octanol–water partition coefficient (Wildman–Crippen LogP) is 4.13. The van der Waals surface area contributed by atoms with Gasteiger partial charge in [-0.2, -0.15) is 0 Å². The molecule has 2 bridgehead atoms. The molecule has 1 spiro atoms. The van der Waals surface area contributed by atoms with Crippen molar-refractivity contribution in [1.29, 1.82) is 0 Å². The van der Waals surface area contributed by atoms with E-state index in [4.69, 9.17) is 4.74 Å². The van der Waals surface area contributed by atoms with E-state index in [1.807, 2.05) is 81.4 Å². The summed E-state index contributed by atoms with van der Waals surface area (Å²) >= 11 is 0. The van der Waals surface area contributed by atoms with Gasteiger partial charge in [0.25, 0.3) is 0 Å². The highest BCUT2D eigenvalue weighted by Gasteiger charge is 2.75. The Kier molecular flexibility index (Phi) is 8.14. The van der Waals surface area contributed by atoms with Gasteiger partial charge in [0.2, 0.25) is 17.7 Å². The molecule has 2 aromatic rings. The Hall–Kier alpha value is -3.75. The molecule has 3 heterocycles. The first-order chi connectivity index (χ1) is 20.1. The van der Waals surface area contributed by atoms with E-state index in [-0.39, 0.29) is 37.4 Å². The lowest BCUT2D eigenvalue weighted by Gasteiger charge is -2.43. The Labute approximate surface area is 248 Å². The van der Waals surface area contributed by atoms with E-state index in [9.17, 15) is 19.5 Å². The molecule has 3 amide bonds. The molecule has 222 valence electrons. The number of carbonyl (C=O) groups excluding carboxylic acids is 3. The zero-order valence-electron chi connectivity index (χ0n) is 24.7. The summed E-state index contributed by atoms with van der Waals surface area (Å²) in [7, 11) is 0. The Morgan fingerprint density at radius 1 is 1.05 bits per heavy atom. The van der Waals surface area contributed by atoms with E-state index < -0.39 is 41.2 Å². The minimum absolute atomic E-state index is 0.224. The second kappa shape index (κ2) is 11.5. The van der Waals surface area contributed by atoms with Gasteiger partial charge in [-0.25, -0.2) is 0 Å². The Morgan fingerprint density at radius 2 is 1.67 bits per heavy atom. The highest BCUT2D eigenvalue weighted by atomic mass is 16.5. The number of anilines is 1. The minimum atomic E-state index is -1.19. The third-order valence-corrected chi connectivity index (χ3v) is 8.98. The molecule has 8 heteroatoms. The monoisotopic (exact) mass is 571 g/mol. The highest BCUT2D eigenvalue weighted by molar-refractivity contribution is 6.03. The molecule has 1 N–H and O–H groups in total. The molecule has 3 fully saturated rings. The number of likely N-dealkylation sites (tertiary alicyclic amines) is 1. The molecule has 3 saturated heterocycles. The molecule has 42 heavy (non-hydrogen) atoms. The lowest BCUT2D eigenvalue weighted by molar-refractivity contribution is -0.154. The number of nitrogens with zero attached hydrogens (tertiary/aromatic N) is 3. The molecule has 3 aliphatic heterocycles. The Bertz CT molecular complexity index is 1340. The SMILES string of the molecule is C=CCN(C(=O)[C@@H]1[C@H]2C(=O)N([C@H](CO)c3ccccc3)C(C(=O)N(CC=C)C(C)(C)C)C23CC[C@H]1O3)c1ccccc1. The van der Waals surface area contributed by atoms with Gasteiger partial charge in [-0.15, -0.1) is 13.2 Å². The lowest BCUT2D eigenvalue weighted by Crippen LogP contribution is -2.60. The molecule has 0 radical (unpaired) electrons. The summed E-state index contributed by atoms with van der Waals surface area (Å²) in [6.45, 7) is 13.7. The van der Waals surface area contributed by atoms with Crippen LogP contribution < -0.4 is 4.90 Å². The molecule has 6 atom stereocenters. The maximum atomic E-state index is 14.7. The third kappa shape index (κ3) is 4.76. The van der Waals surface area contributed by atoms with Crippen LogP contribution >= 0.6 is 0 Å². The van der Waals surface area contributed by atoms with Crippen LogP contribution in [-0.4, -0.2) is 75.6 Å². The van der Waals surface area contributed by atoms with Crippen molar-refractivity contribution in [3.8, 4) is 0 Å². The van der Waals surface area contributed by atoms with Gasteiger partial charge in [0.15, 0.2) is 0 Å². The number of aliphatic hydroxyl groups is 1. The van der Waals surface area contributed by atoms with Gasteiger partial charge in [-0.05, 0) is 51.3 Å². The van der Waals surface area contributed by atoms with E-state index in [1.165, 1.54) is 4.90 Å². The van der Waals surface area contributed by atoms with Crippen molar-refractivity contribution < 1.29 is 24.2 Å². The molecule has 0 aliphatic carbocycles. The molecular weight excluding hydrogens is 530 g/mol. The highest BCUT2D eigenvalue weighted by Crippen LogP contribution is 2.60. The van der Waals surface area contributed by atoms with Gasteiger partial charge >= 0.3 is 0 Å². The smallest absolute Gasteiger partial charge is 0.249 e. The van der Waals surface area contributed by atoms with E-state index in [2.05, 4.69) is 13.2 Å². The molecular formula is C34H41N3O5. The quantitative estimate of drug-likeness (QED) is 0.433. The normalized spacial score (nSPS) is 27.0. The van der Waals surface area contributed by atoms with E-state index in [0.717, 1.165) is 0 Å². The molecule has 0 aromatic heterocycles. The number of ether oxygens (including phenoxy) is 1. The van der Waals surface area contributed by atoms with Gasteiger partial charge in [0.1, 0.15) is 11.6 Å². The van der Waals surface area contributed by atoms with Crippen molar-refractivity contribution >= 4 is 23.4 Å². The van der Waals surface area contributed by atoms with Gasteiger partial charge in [0, 0.05) is 24.3 Å². The molecule has 0 saturated carbocycles. The van der Waals surface area contributed by atoms with E-state index in [0.29, 0.717) is 24.1 Å². The number of aliphatic hydroxyl groups excluding tert-OH is 1. The zero-order chi connectivity index (χ0) is 30.2. The number of carbonyl (C=O) groups is 3. The number of para-hydroxylation sites is 1. The van der Waals surface area contributed by atoms with Crippen LogP contribution in [-0.2, 0) is 19.1 Å². The van der Waals surface area contributed by atoms with Crippen molar-refractivity contribution in [2.45, 2.75) is 62.9 Å². The first-order valence-electron chi connectivity index (χ1n) is 14.7. The molecule has 2 unspecified atom stereocenters. The maximum Gasteiger partial charge on any atom is 0.249 e. The predicted molar refractivity (Wildman–Crippen MR) is 161 cm³/mol. The second-order valence-corrected chi connectivity index (χ2v) is 12.4. The number of rotatable bonds is 10. The van der Waals surface area contributed by atoms with Crippen molar-refractivity contribution in [2.24, 2.45) is 11.8 Å². The number of hydrogen-bond acceptors (Lipinski definition) is 5. The molecule has 8 nitrogen and oxygen atoms in total. The minimum Gasteiger partial charge on any atom is -0.394 e. The average Bonchev–Trinajstić information content (AvgIpc) is 3.62. The van der Waals surface area contributed by atoms with Crippen molar-refractivity contribution in [2.75, 3.05) is 24.6 Å². The first kappa shape index (κ1) is 29.7. The summed E-state index contributed by atoms with van der Waals surface area (Å²) in [4.78, 5) is 48.6. The second-order valence-electron chi connectivity index (χ2n) is 12.4. The summed E-state index contributed by atoms with van der Waals surface area (Å²) in [6, 6.07) is 16.8. The van der Waals surface area contributed by atoms with Crippen LogP contribution in [0, 0.1) is 11.8 Å². The Morgan fingerprint density at radius 3 is 2.24 bits per heavy atom. The van der Waals surface area contributed by atoms with Crippen LogP contribution in [0.2, 0.25) is 0 Å². The fraction of sp³-hybridized carbons (Fsp3) is 0.441. The maximum absolute atomic E-state index is 14.7. The number of hydrogen-bond donors (Lipinski definition) is 1. The number of benzene rings is 2. The zero-order valence-corrected chi connectivity index (χ0v) is 24.7. The van der Waals surface area contributed by atoms with Gasteiger partial charge in [-0.3, -0.25) is 14.4 Å². The average molecular weight is 572 g/mol.